The highest BCUT2D eigenvalue weighted by molar-refractivity contribution is 5.85. The van der Waals surface area contributed by atoms with Crippen LogP contribution in [0.15, 0.2) is 0 Å². The summed E-state index contributed by atoms with van der Waals surface area (Å²) in [5, 5.41) is 6.39. The lowest BCUT2D eigenvalue weighted by Crippen LogP contribution is -2.59. The topological polar surface area (TPSA) is 62.8 Å². The summed E-state index contributed by atoms with van der Waals surface area (Å²) in [4.78, 5) is 14.5. The van der Waals surface area contributed by atoms with Crippen molar-refractivity contribution in [3.05, 3.63) is 0 Å². The Morgan fingerprint density at radius 2 is 1.88 bits per heavy atom. The van der Waals surface area contributed by atoms with Crippen LogP contribution in [0.4, 0.5) is 0 Å². The second kappa shape index (κ2) is 10.8. The van der Waals surface area contributed by atoms with Crippen LogP contribution >= 0.6 is 24.8 Å². The van der Waals surface area contributed by atoms with E-state index in [9.17, 15) is 4.79 Å². The molecular weight excluding hydrogens is 353 g/mol. The van der Waals surface area contributed by atoms with Crippen LogP contribution in [0.5, 0.6) is 0 Å². The lowest BCUT2D eigenvalue weighted by Gasteiger charge is -2.45. The molecule has 0 aromatic carbocycles. The molecule has 0 aromatic rings. The number of ether oxygens (including phenoxy) is 2. The highest BCUT2D eigenvalue weighted by Gasteiger charge is 2.33. The largest absolute Gasteiger partial charge is 0.378 e. The number of carbonyl (C=O) groups excluding carboxylic acids is 1. The van der Waals surface area contributed by atoms with Crippen molar-refractivity contribution in [2.75, 3.05) is 39.4 Å². The molecule has 0 spiro atoms. The number of nitrogens with zero attached hydrogens (tertiary/aromatic N) is 1. The fourth-order valence-corrected chi connectivity index (χ4v) is 3.15. The first-order valence-corrected chi connectivity index (χ1v) is 8.35. The Morgan fingerprint density at radius 1 is 1.25 bits per heavy atom. The van der Waals surface area contributed by atoms with Gasteiger partial charge < -0.3 is 20.1 Å². The van der Waals surface area contributed by atoms with Crippen molar-refractivity contribution in [2.45, 2.75) is 57.9 Å². The normalized spacial score (nSPS) is 28.4. The van der Waals surface area contributed by atoms with Crippen molar-refractivity contribution < 1.29 is 14.3 Å². The van der Waals surface area contributed by atoms with Crippen molar-refractivity contribution >= 4 is 30.7 Å². The molecule has 1 amide bonds. The smallest absolute Gasteiger partial charge is 0.221 e. The zero-order chi connectivity index (χ0) is 16.2. The number of carbonyl (C=O) groups is 1. The average Bonchev–Trinajstić information content (AvgIpc) is 2.45. The van der Waals surface area contributed by atoms with Crippen LogP contribution in [0.2, 0.25) is 0 Å². The monoisotopic (exact) mass is 385 g/mol. The summed E-state index contributed by atoms with van der Waals surface area (Å²) in [6.07, 6.45) is 0.955. The summed E-state index contributed by atoms with van der Waals surface area (Å²) in [6, 6.07) is 0.139. The Labute approximate surface area is 158 Å². The maximum Gasteiger partial charge on any atom is 0.221 e. The molecule has 0 saturated carbocycles. The molecule has 0 bridgehead atoms. The maximum atomic E-state index is 12.1. The summed E-state index contributed by atoms with van der Waals surface area (Å²) in [5.41, 5.74) is -0.0710. The molecule has 2 heterocycles. The number of halogens is 2. The third kappa shape index (κ3) is 7.42. The lowest BCUT2D eigenvalue weighted by molar-refractivity contribution is -0.124. The van der Waals surface area contributed by atoms with Gasteiger partial charge in [-0.1, -0.05) is 0 Å². The molecule has 2 N–H and O–H groups in total. The zero-order valence-electron chi connectivity index (χ0n) is 15.2. The molecule has 3 atom stereocenters. The van der Waals surface area contributed by atoms with Gasteiger partial charge in [0.2, 0.25) is 5.91 Å². The number of hydrogen-bond donors (Lipinski definition) is 2. The molecule has 8 heteroatoms. The highest BCUT2D eigenvalue weighted by atomic mass is 35.5. The fraction of sp³-hybridized carbons (Fsp3) is 0.938. The van der Waals surface area contributed by atoms with Gasteiger partial charge in [0.25, 0.3) is 0 Å². The van der Waals surface area contributed by atoms with Crippen molar-refractivity contribution in [3.63, 3.8) is 0 Å². The van der Waals surface area contributed by atoms with E-state index >= 15 is 0 Å². The Balaban J connectivity index is 0.00000264. The van der Waals surface area contributed by atoms with Crippen LogP contribution in [0.1, 0.15) is 34.1 Å². The van der Waals surface area contributed by atoms with Crippen molar-refractivity contribution in [2.24, 2.45) is 0 Å². The minimum atomic E-state index is -0.0710. The van der Waals surface area contributed by atoms with E-state index in [2.05, 4.69) is 43.2 Å². The van der Waals surface area contributed by atoms with Gasteiger partial charge in [-0.25, -0.2) is 0 Å². The Hall–Kier alpha value is -0.110. The number of amides is 1. The SMILES string of the molecule is CC1CN(C(C)(C)CNC(=O)CC2COCCN2)CC(C)O1.Cl.Cl. The van der Waals surface area contributed by atoms with Crippen LogP contribution in [-0.2, 0) is 14.3 Å². The van der Waals surface area contributed by atoms with Gasteiger partial charge in [0.1, 0.15) is 0 Å². The van der Waals surface area contributed by atoms with Crippen molar-refractivity contribution in [1.29, 1.82) is 0 Å². The van der Waals surface area contributed by atoms with E-state index in [0.717, 1.165) is 26.2 Å². The van der Waals surface area contributed by atoms with E-state index in [1.54, 1.807) is 0 Å². The van der Waals surface area contributed by atoms with Crippen LogP contribution in [-0.4, -0.2) is 74.0 Å². The van der Waals surface area contributed by atoms with Gasteiger partial charge in [-0.3, -0.25) is 9.69 Å². The van der Waals surface area contributed by atoms with Gasteiger partial charge in [-0.15, -0.1) is 24.8 Å². The van der Waals surface area contributed by atoms with Crippen LogP contribution in [0, 0.1) is 0 Å². The predicted molar refractivity (Wildman–Crippen MR) is 100 cm³/mol. The van der Waals surface area contributed by atoms with Crippen LogP contribution in [0.3, 0.4) is 0 Å². The van der Waals surface area contributed by atoms with E-state index in [0.29, 0.717) is 19.6 Å². The lowest BCUT2D eigenvalue weighted by atomic mass is 10.00. The molecule has 0 aromatic heterocycles. The highest BCUT2D eigenvalue weighted by Crippen LogP contribution is 2.20. The quantitative estimate of drug-likeness (QED) is 0.744. The molecule has 3 unspecified atom stereocenters. The third-order valence-corrected chi connectivity index (χ3v) is 4.42. The molecule has 24 heavy (non-hydrogen) atoms. The molecule has 2 aliphatic rings. The summed E-state index contributed by atoms with van der Waals surface area (Å²) in [6.45, 7) is 13.2. The average molecular weight is 386 g/mol. The maximum absolute atomic E-state index is 12.1. The molecule has 2 aliphatic heterocycles. The first-order chi connectivity index (χ1) is 10.4. The second-order valence-electron chi connectivity index (χ2n) is 7.18. The molecule has 0 radical (unpaired) electrons. The molecule has 2 fully saturated rings. The summed E-state index contributed by atoms with van der Waals surface area (Å²) in [7, 11) is 0. The summed E-state index contributed by atoms with van der Waals surface area (Å²) < 4.78 is 11.2. The molecular formula is C16H33Cl2N3O3. The third-order valence-electron chi connectivity index (χ3n) is 4.42. The molecule has 144 valence electrons. The first-order valence-electron chi connectivity index (χ1n) is 8.35. The van der Waals surface area contributed by atoms with Crippen LogP contribution in [0.25, 0.3) is 0 Å². The minimum Gasteiger partial charge on any atom is -0.378 e. The number of morpholine rings is 2. The number of hydrogen-bond acceptors (Lipinski definition) is 5. The van der Waals surface area contributed by atoms with E-state index in [1.807, 2.05) is 0 Å². The van der Waals surface area contributed by atoms with Crippen molar-refractivity contribution in [1.82, 2.24) is 15.5 Å². The molecule has 0 aliphatic carbocycles. The second-order valence-corrected chi connectivity index (χ2v) is 7.18. The Kier molecular flexibility index (Phi) is 10.7. The zero-order valence-corrected chi connectivity index (χ0v) is 16.8. The van der Waals surface area contributed by atoms with Crippen LogP contribution < -0.4 is 10.6 Å². The van der Waals surface area contributed by atoms with Gasteiger partial charge in [0.15, 0.2) is 0 Å². The molecule has 2 rings (SSSR count). The summed E-state index contributed by atoms with van der Waals surface area (Å²) in [5.74, 6) is 0.0884. The predicted octanol–water partition coefficient (Wildman–Crippen LogP) is 1.21. The van der Waals surface area contributed by atoms with Gasteiger partial charge in [-0.2, -0.15) is 0 Å². The van der Waals surface area contributed by atoms with Gasteiger partial charge in [0, 0.05) is 44.2 Å². The first kappa shape index (κ1) is 23.9. The number of nitrogens with one attached hydrogen (secondary N) is 2. The van der Waals surface area contributed by atoms with E-state index in [-0.39, 0.29) is 54.5 Å². The van der Waals surface area contributed by atoms with Gasteiger partial charge in [0.05, 0.1) is 25.4 Å². The summed E-state index contributed by atoms with van der Waals surface area (Å²) >= 11 is 0. The minimum absolute atomic E-state index is 0. The van der Waals surface area contributed by atoms with E-state index in [4.69, 9.17) is 9.47 Å². The van der Waals surface area contributed by atoms with E-state index in [1.165, 1.54) is 0 Å². The van der Waals surface area contributed by atoms with E-state index < -0.39 is 0 Å². The Morgan fingerprint density at radius 3 is 2.42 bits per heavy atom. The fourth-order valence-electron chi connectivity index (χ4n) is 3.15. The number of rotatable bonds is 5. The molecule has 6 nitrogen and oxygen atoms in total. The molecule has 2 saturated heterocycles. The van der Waals surface area contributed by atoms with Gasteiger partial charge in [-0.05, 0) is 27.7 Å². The van der Waals surface area contributed by atoms with Crippen molar-refractivity contribution in [3.8, 4) is 0 Å². The standard InChI is InChI=1S/C16H31N3O3.2ClH/c1-12-8-19(9-13(2)22-12)16(3,4)11-18-15(20)7-14-10-21-6-5-17-14;;/h12-14,17H,5-11H2,1-4H3,(H,18,20);2*1H. The Bertz CT molecular complexity index is 370. The van der Waals surface area contributed by atoms with Gasteiger partial charge >= 0.3 is 0 Å².